The summed E-state index contributed by atoms with van der Waals surface area (Å²) in [5, 5.41) is 9.71. The molecule has 1 aliphatic rings. The summed E-state index contributed by atoms with van der Waals surface area (Å²) < 4.78 is 79.6. The molecule has 0 bridgehead atoms. The van der Waals surface area contributed by atoms with Gasteiger partial charge in [-0.2, -0.15) is 26.3 Å². The first-order valence-corrected chi connectivity index (χ1v) is 11.3. The molecule has 0 aliphatic carbocycles. The van der Waals surface area contributed by atoms with Gasteiger partial charge in [-0.15, -0.1) is 0 Å². The third-order valence-electron chi connectivity index (χ3n) is 6.68. The normalized spacial score (nSPS) is 19.7. The molecule has 1 N–H and O–H groups in total. The van der Waals surface area contributed by atoms with Crippen LogP contribution in [0.1, 0.15) is 28.2 Å². The lowest BCUT2D eigenvalue weighted by Gasteiger charge is -2.33. The molecule has 3 aromatic carbocycles. The lowest BCUT2D eigenvalue weighted by Crippen LogP contribution is -2.53. The average Bonchev–Trinajstić information content (AvgIpc) is 3.20. The number of nitrogens with zero attached hydrogens (tertiary/aromatic N) is 1. The van der Waals surface area contributed by atoms with Crippen molar-refractivity contribution in [1.29, 1.82) is 0 Å². The van der Waals surface area contributed by atoms with E-state index in [9.17, 15) is 31.4 Å². The summed E-state index contributed by atoms with van der Waals surface area (Å²) in [4.78, 5) is 2.25. The van der Waals surface area contributed by atoms with Crippen LogP contribution < -0.4 is 0 Å². The van der Waals surface area contributed by atoms with Crippen LogP contribution in [0.2, 0.25) is 0 Å². The maximum Gasteiger partial charge on any atom is 0.430 e. The predicted molar refractivity (Wildman–Crippen MR) is 121 cm³/mol. The van der Waals surface area contributed by atoms with Crippen molar-refractivity contribution in [2.45, 2.75) is 36.8 Å². The first kappa shape index (κ1) is 25.3. The van der Waals surface area contributed by atoms with Gasteiger partial charge in [0.2, 0.25) is 0 Å². The zero-order chi connectivity index (χ0) is 25.3. The van der Waals surface area contributed by atoms with E-state index in [-0.39, 0.29) is 11.8 Å². The van der Waals surface area contributed by atoms with Crippen LogP contribution >= 0.6 is 0 Å². The second kappa shape index (κ2) is 9.66. The molecule has 1 heterocycles. The monoisotopic (exact) mass is 493 g/mol. The van der Waals surface area contributed by atoms with Crippen LogP contribution in [0.4, 0.5) is 26.3 Å². The largest absolute Gasteiger partial charge is 0.430 e. The predicted octanol–water partition coefficient (Wildman–Crippen LogP) is 6.46. The second-order valence-electron chi connectivity index (χ2n) is 9.06. The van der Waals surface area contributed by atoms with Crippen molar-refractivity contribution in [3.63, 3.8) is 0 Å². The molecular formula is C27H25F6NO. The van der Waals surface area contributed by atoms with E-state index >= 15 is 0 Å². The molecular weight excluding hydrogens is 468 g/mol. The maximum absolute atomic E-state index is 13.3. The van der Waals surface area contributed by atoms with Gasteiger partial charge in [-0.3, -0.25) is 4.90 Å². The van der Waals surface area contributed by atoms with Crippen LogP contribution in [0.25, 0.3) is 0 Å². The van der Waals surface area contributed by atoms with Crippen LogP contribution in [0.15, 0.2) is 84.9 Å². The Kier molecular flexibility index (Phi) is 6.97. The van der Waals surface area contributed by atoms with E-state index in [4.69, 9.17) is 0 Å². The smallest absolute Gasteiger partial charge is 0.369 e. The summed E-state index contributed by atoms with van der Waals surface area (Å²) in [6.45, 7) is 2.06. The fourth-order valence-corrected chi connectivity index (χ4v) is 4.89. The van der Waals surface area contributed by atoms with Crippen LogP contribution in [-0.4, -0.2) is 35.4 Å². The molecule has 35 heavy (non-hydrogen) atoms. The minimum absolute atomic E-state index is 0.0853. The van der Waals surface area contributed by atoms with E-state index in [1.807, 2.05) is 60.7 Å². The lowest BCUT2D eigenvalue weighted by molar-refractivity contribution is -0.376. The molecule has 2 atom stereocenters. The maximum atomic E-state index is 13.3. The number of rotatable bonds is 6. The number of likely N-dealkylation sites (tertiary alicyclic amines) is 1. The number of aliphatic hydroxyl groups is 1. The lowest BCUT2D eigenvalue weighted by atomic mass is 9.83. The van der Waals surface area contributed by atoms with E-state index in [0.29, 0.717) is 18.7 Å². The Labute approximate surface area is 199 Å². The van der Waals surface area contributed by atoms with Gasteiger partial charge in [0.25, 0.3) is 5.60 Å². The summed E-state index contributed by atoms with van der Waals surface area (Å²) in [5.74, 6) is 0.0360. The third-order valence-corrected chi connectivity index (χ3v) is 6.68. The molecule has 4 rings (SSSR count). The van der Waals surface area contributed by atoms with Crippen molar-refractivity contribution >= 4 is 0 Å². The number of hydrogen-bond acceptors (Lipinski definition) is 2. The molecule has 186 valence electrons. The quantitative estimate of drug-likeness (QED) is 0.399. The highest BCUT2D eigenvalue weighted by molar-refractivity contribution is 5.33. The van der Waals surface area contributed by atoms with Gasteiger partial charge < -0.3 is 5.11 Å². The number of hydrogen-bond donors (Lipinski definition) is 1. The van der Waals surface area contributed by atoms with Gasteiger partial charge >= 0.3 is 12.4 Å². The molecule has 1 fully saturated rings. The zero-order valence-electron chi connectivity index (χ0n) is 18.7. The SMILES string of the molecule is OC(c1ccc([C@@H]2CN(Cc3ccccc3)C[C@H]2Cc2ccccc2)cc1)(C(F)(F)F)C(F)(F)F. The highest BCUT2D eigenvalue weighted by Gasteiger charge is 2.71. The second-order valence-corrected chi connectivity index (χ2v) is 9.06. The zero-order valence-corrected chi connectivity index (χ0v) is 18.7. The molecule has 8 heteroatoms. The van der Waals surface area contributed by atoms with Crippen LogP contribution in [0.5, 0.6) is 0 Å². The third kappa shape index (κ3) is 5.23. The van der Waals surface area contributed by atoms with Gasteiger partial charge in [-0.1, -0.05) is 84.9 Å². The molecule has 0 saturated carbocycles. The van der Waals surface area contributed by atoms with Crippen molar-refractivity contribution in [2.75, 3.05) is 13.1 Å². The van der Waals surface area contributed by atoms with Crippen molar-refractivity contribution in [1.82, 2.24) is 4.90 Å². The minimum Gasteiger partial charge on any atom is -0.369 e. The molecule has 3 aromatic rings. The van der Waals surface area contributed by atoms with Gasteiger partial charge in [0.15, 0.2) is 0 Å². The highest BCUT2D eigenvalue weighted by Crippen LogP contribution is 2.50. The highest BCUT2D eigenvalue weighted by atomic mass is 19.4. The number of benzene rings is 3. The topological polar surface area (TPSA) is 23.5 Å². The van der Waals surface area contributed by atoms with Crippen LogP contribution in [-0.2, 0) is 18.6 Å². The summed E-state index contributed by atoms with van der Waals surface area (Å²) >= 11 is 0. The van der Waals surface area contributed by atoms with Crippen LogP contribution in [0, 0.1) is 5.92 Å². The molecule has 2 nitrogen and oxygen atoms in total. The van der Waals surface area contributed by atoms with Crippen LogP contribution in [0.3, 0.4) is 0 Å². The first-order valence-electron chi connectivity index (χ1n) is 11.3. The van der Waals surface area contributed by atoms with Crippen molar-refractivity contribution in [3.8, 4) is 0 Å². The standard InChI is InChI=1S/C27H25F6NO/c28-26(29,30)25(35,27(31,32)33)23-13-11-21(12-14-23)24-18-34(16-20-9-5-2-6-10-20)17-22(24)15-19-7-3-1-4-8-19/h1-14,22,24,35H,15-18H2/t22-,24+/m1/s1. The molecule has 0 unspecified atom stereocenters. The minimum atomic E-state index is -5.90. The van der Waals surface area contributed by atoms with E-state index < -0.39 is 23.5 Å². The van der Waals surface area contributed by atoms with Crippen molar-refractivity contribution in [2.24, 2.45) is 5.92 Å². The van der Waals surface area contributed by atoms with E-state index in [1.54, 1.807) is 0 Å². The van der Waals surface area contributed by atoms with Gasteiger partial charge in [0, 0.05) is 31.1 Å². The van der Waals surface area contributed by atoms with Gasteiger partial charge in [-0.05, 0) is 29.0 Å². The average molecular weight is 493 g/mol. The Hall–Kier alpha value is -2.84. The summed E-state index contributed by atoms with van der Waals surface area (Å²) in [6, 6.07) is 23.7. The van der Waals surface area contributed by atoms with Gasteiger partial charge in [0.05, 0.1) is 0 Å². The fourth-order valence-electron chi connectivity index (χ4n) is 4.89. The fraction of sp³-hybridized carbons (Fsp3) is 0.333. The Bertz CT molecular complexity index is 1080. The molecule has 1 aliphatic heterocycles. The Balaban J connectivity index is 1.62. The summed E-state index contributed by atoms with van der Waals surface area (Å²) in [5.41, 5.74) is -3.26. The number of alkyl halides is 6. The molecule has 0 amide bonds. The Morgan fingerprint density at radius 3 is 1.71 bits per heavy atom. The Morgan fingerprint density at radius 2 is 1.20 bits per heavy atom. The van der Waals surface area contributed by atoms with E-state index in [2.05, 4.69) is 4.90 Å². The summed E-state index contributed by atoms with van der Waals surface area (Å²) in [7, 11) is 0. The van der Waals surface area contributed by atoms with Crippen molar-refractivity contribution in [3.05, 3.63) is 107 Å². The Morgan fingerprint density at radius 1 is 0.686 bits per heavy atom. The molecule has 0 radical (unpaired) electrons. The van der Waals surface area contributed by atoms with Gasteiger partial charge in [0.1, 0.15) is 0 Å². The van der Waals surface area contributed by atoms with E-state index in [0.717, 1.165) is 36.2 Å². The number of halogens is 6. The molecule has 0 spiro atoms. The first-order chi connectivity index (χ1) is 16.5. The van der Waals surface area contributed by atoms with Gasteiger partial charge in [-0.25, -0.2) is 0 Å². The molecule has 1 saturated heterocycles. The summed E-state index contributed by atoms with van der Waals surface area (Å²) in [6.07, 6.45) is -11.1. The van der Waals surface area contributed by atoms with E-state index in [1.165, 1.54) is 12.1 Å². The van der Waals surface area contributed by atoms with Crippen molar-refractivity contribution < 1.29 is 31.4 Å². The molecule has 0 aromatic heterocycles.